The Morgan fingerprint density at radius 1 is 1.41 bits per heavy atom. The Morgan fingerprint density at radius 3 is 2.47 bits per heavy atom. The monoisotopic (exact) mass is 239 g/mol. The van der Waals surface area contributed by atoms with E-state index in [-0.39, 0.29) is 17.1 Å². The summed E-state index contributed by atoms with van der Waals surface area (Å²) in [5, 5.41) is 20.8. The Labute approximate surface area is 97.8 Å². The molecule has 1 amide bonds. The molecule has 1 rings (SSSR count). The fraction of sp³-hybridized carbons (Fsp3) is 0.273. The third-order valence-corrected chi connectivity index (χ3v) is 2.13. The molecule has 3 N–H and O–H groups in total. The van der Waals surface area contributed by atoms with Gasteiger partial charge in [0.25, 0.3) is 0 Å². The van der Waals surface area contributed by atoms with Gasteiger partial charge < -0.3 is 20.3 Å². The van der Waals surface area contributed by atoms with Crippen LogP contribution in [0.4, 0.5) is 0 Å². The van der Waals surface area contributed by atoms with Crippen LogP contribution < -0.4 is 10.1 Å². The number of carboxylic acids is 1. The van der Waals surface area contributed by atoms with Crippen LogP contribution in [0.2, 0.25) is 0 Å². The first-order valence-corrected chi connectivity index (χ1v) is 4.82. The second-order valence-corrected chi connectivity index (χ2v) is 3.40. The zero-order valence-electron chi connectivity index (χ0n) is 9.43. The standard InChI is InChI=1S/C11H13NO5/c1-6(13)12-10(11(15)16)7-3-4-9(17-2)8(14)5-7/h3-5,10,14H,1-2H3,(H,12,13)(H,15,16). The molecule has 0 bridgehead atoms. The van der Waals surface area contributed by atoms with Crippen LogP contribution in [0.5, 0.6) is 11.5 Å². The van der Waals surface area contributed by atoms with E-state index in [0.717, 1.165) is 0 Å². The van der Waals surface area contributed by atoms with Gasteiger partial charge in [-0.25, -0.2) is 4.79 Å². The number of hydrogen-bond acceptors (Lipinski definition) is 4. The quantitative estimate of drug-likeness (QED) is 0.717. The largest absolute Gasteiger partial charge is 0.504 e. The molecule has 0 aliphatic rings. The van der Waals surface area contributed by atoms with Gasteiger partial charge in [0.05, 0.1) is 7.11 Å². The molecule has 0 aliphatic heterocycles. The van der Waals surface area contributed by atoms with Crippen molar-refractivity contribution in [1.29, 1.82) is 0 Å². The number of carboxylic acid groups (broad SMARTS) is 1. The molecular formula is C11H13NO5. The minimum atomic E-state index is -1.20. The first-order valence-electron chi connectivity index (χ1n) is 4.82. The van der Waals surface area contributed by atoms with Gasteiger partial charge in [-0.2, -0.15) is 0 Å². The summed E-state index contributed by atoms with van der Waals surface area (Å²) in [6, 6.07) is 2.95. The SMILES string of the molecule is COc1ccc(C(NC(C)=O)C(=O)O)cc1O. The number of benzene rings is 1. The van der Waals surface area contributed by atoms with Crippen LogP contribution in [-0.2, 0) is 9.59 Å². The van der Waals surface area contributed by atoms with Gasteiger partial charge in [-0.1, -0.05) is 6.07 Å². The van der Waals surface area contributed by atoms with Crippen LogP contribution in [0.25, 0.3) is 0 Å². The van der Waals surface area contributed by atoms with E-state index in [9.17, 15) is 14.7 Å². The molecule has 1 aromatic carbocycles. The van der Waals surface area contributed by atoms with Crippen LogP contribution in [0, 0.1) is 0 Å². The molecule has 92 valence electrons. The average molecular weight is 239 g/mol. The minimum absolute atomic E-state index is 0.179. The lowest BCUT2D eigenvalue weighted by molar-refractivity contribution is -0.141. The van der Waals surface area contributed by atoms with Gasteiger partial charge in [-0.05, 0) is 17.7 Å². The number of methoxy groups -OCH3 is 1. The molecule has 0 spiro atoms. The number of hydrogen-bond donors (Lipinski definition) is 3. The molecule has 0 heterocycles. The van der Waals surface area contributed by atoms with E-state index in [1.54, 1.807) is 0 Å². The van der Waals surface area contributed by atoms with Crippen molar-refractivity contribution in [2.75, 3.05) is 7.11 Å². The Balaban J connectivity index is 3.06. The second kappa shape index (κ2) is 5.20. The molecule has 1 aromatic rings. The highest BCUT2D eigenvalue weighted by atomic mass is 16.5. The maximum Gasteiger partial charge on any atom is 0.330 e. The lowest BCUT2D eigenvalue weighted by Crippen LogP contribution is -2.31. The summed E-state index contributed by atoms with van der Waals surface area (Å²) in [6.45, 7) is 1.22. The molecule has 6 nitrogen and oxygen atoms in total. The summed E-state index contributed by atoms with van der Waals surface area (Å²) in [7, 11) is 1.39. The van der Waals surface area contributed by atoms with Gasteiger partial charge >= 0.3 is 5.97 Å². The van der Waals surface area contributed by atoms with Crippen molar-refractivity contribution in [2.24, 2.45) is 0 Å². The van der Waals surface area contributed by atoms with E-state index in [1.165, 1.54) is 32.2 Å². The molecule has 6 heteroatoms. The summed E-state index contributed by atoms with van der Waals surface area (Å²) in [5.41, 5.74) is 0.269. The molecular weight excluding hydrogens is 226 g/mol. The first kappa shape index (κ1) is 12.8. The maximum atomic E-state index is 11.0. The number of aliphatic carboxylic acids is 1. The molecule has 1 unspecified atom stereocenters. The van der Waals surface area contributed by atoms with Crippen molar-refractivity contribution >= 4 is 11.9 Å². The zero-order chi connectivity index (χ0) is 13.0. The number of carbonyl (C=O) groups excluding carboxylic acids is 1. The fourth-order valence-electron chi connectivity index (χ4n) is 1.38. The predicted octanol–water partition coefficient (Wildman–Crippen LogP) is 0.663. The van der Waals surface area contributed by atoms with Crippen LogP contribution in [0.3, 0.4) is 0 Å². The third-order valence-electron chi connectivity index (χ3n) is 2.13. The Morgan fingerprint density at radius 2 is 2.06 bits per heavy atom. The van der Waals surface area contributed by atoms with E-state index in [1.807, 2.05) is 0 Å². The number of aromatic hydroxyl groups is 1. The molecule has 0 fully saturated rings. The van der Waals surface area contributed by atoms with Crippen molar-refractivity contribution in [3.8, 4) is 11.5 Å². The van der Waals surface area contributed by atoms with Crippen molar-refractivity contribution in [1.82, 2.24) is 5.32 Å². The molecule has 17 heavy (non-hydrogen) atoms. The molecule has 1 atom stereocenters. The van der Waals surface area contributed by atoms with Crippen LogP contribution in [-0.4, -0.2) is 29.2 Å². The summed E-state index contributed by atoms with van der Waals surface area (Å²) in [4.78, 5) is 21.9. The number of phenols is 1. The van der Waals surface area contributed by atoms with Crippen LogP contribution in [0.1, 0.15) is 18.5 Å². The zero-order valence-corrected chi connectivity index (χ0v) is 9.43. The van der Waals surface area contributed by atoms with Gasteiger partial charge in [0, 0.05) is 6.92 Å². The van der Waals surface area contributed by atoms with Crippen molar-refractivity contribution in [2.45, 2.75) is 13.0 Å². The summed E-state index contributed by atoms with van der Waals surface area (Å²) >= 11 is 0. The van der Waals surface area contributed by atoms with Gasteiger partial charge in [-0.3, -0.25) is 4.79 Å². The van der Waals surface area contributed by atoms with E-state index >= 15 is 0 Å². The van der Waals surface area contributed by atoms with Gasteiger partial charge in [0.2, 0.25) is 5.91 Å². The summed E-state index contributed by atoms with van der Waals surface area (Å²) < 4.78 is 4.84. The topological polar surface area (TPSA) is 95.9 Å². The predicted molar refractivity (Wildman–Crippen MR) is 58.9 cm³/mol. The van der Waals surface area contributed by atoms with Crippen molar-refractivity contribution in [3.05, 3.63) is 23.8 Å². The number of ether oxygens (including phenoxy) is 1. The third kappa shape index (κ3) is 3.10. The normalized spacial score (nSPS) is 11.6. The average Bonchev–Trinajstić information content (AvgIpc) is 2.25. The highest BCUT2D eigenvalue weighted by Gasteiger charge is 2.21. The van der Waals surface area contributed by atoms with Gasteiger partial charge in [-0.15, -0.1) is 0 Å². The van der Waals surface area contributed by atoms with Gasteiger partial charge in [0.1, 0.15) is 0 Å². The van der Waals surface area contributed by atoms with E-state index in [2.05, 4.69) is 5.32 Å². The molecule has 0 saturated heterocycles. The van der Waals surface area contributed by atoms with Crippen molar-refractivity contribution < 1.29 is 24.5 Å². The lowest BCUT2D eigenvalue weighted by Gasteiger charge is -2.14. The molecule has 0 aliphatic carbocycles. The maximum absolute atomic E-state index is 11.0. The van der Waals surface area contributed by atoms with Crippen molar-refractivity contribution in [3.63, 3.8) is 0 Å². The number of carbonyl (C=O) groups is 2. The number of phenolic OH excluding ortho intramolecular Hbond substituents is 1. The van der Waals surface area contributed by atoms with Crippen LogP contribution in [0.15, 0.2) is 18.2 Å². The Bertz CT molecular complexity index is 443. The summed E-state index contributed by atoms with van der Waals surface area (Å²) in [6.07, 6.45) is 0. The van der Waals surface area contributed by atoms with Gasteiger partial charge in [0.15, 0.2) is 17.5 Å². The first-order chi connectivity index (χ1) is 7.95. The fourth-order valence-corrected chi connectivity index (χ4v) is 1.38. The Kier molecular flexibility index (Phi) is 3.92. The van der Waals surface area contributed by atoms with Crippen LogP contribution >= 0.6 is 0 Å². The van der Waals surface area contributed by atoms with E-state index in [0.29, 0.717) is 0 Å². The highest BCUT2D eigenvalue weighted by molar-refractivity contribution is 5.83. The molecule has 0 radical (unpaired) electrons. The van der Waals surface area contributed by atoms with E-state index < -0.39 is 17.9 Å². The highest BCUT2D eigenvalue weighted by Crippen LogP contribution is 2.28. The summed E-state index contributed by atoms with van der Waals surface area (Å²) in [5.74, 6) is -1.61. The molecule has 0 aromatic heterocycles. The van der Waals surface area contributed by atoms with E-state index in [4.69, 9.17) is 9.84 Å². The Hall–Kier alpha value is -2.24. The smallest absolute Gasteiger partial charge is 0.330 e. The lowest BCUT2D eigenvalue weighted by atomic mass is 10.1. The number of rotatable bonds is 4. The molecule has 0 saturated carbocycles. The number of amides is 1. The minimum Gasteiger partial charge on any atom is -0.504 e. The second-order valence-electron chi connectivity index (χ2n) is 3.40. The number of nitrogens with one attached hydrogen (secondary N) is 1.